The Kier molecular flexibility index (Phi) is 3.78. The van der Waals surface area contributed by atoms with Gasteiger partial charge in [-0.2, -0.15) is 0 Å². The van der Waals surface area contributed by atoms with Gasteiger partial charge in [-0.05, 0) is 24.1 Å². The smallest absolute Gasteiger partial charge is 0.409 e. The summed E-state index contributed by atoms with van der Waals surface area (Å²) in [6.07, 6.45) is -0.609. The number of hydrogen-bond acceptors (Lipinski definition) is 2. The molecule has 1 fully saturated rings. The van der Waals surface area contributed by atoms with Crippen LogP contribution < -0.4 is 0 Å². The summed E-state index contributed by atoms with van der Waals surface area (Å²) in [5.74, 6) is 0.169. The highest BCUT2D eigenvalue weighted by Crippen LogP contribution is 2.33. The number of rotatable bonds is 2. The standard InChI is InChI=1S/C13H16ClNO3/c1-8-5-9(3-4-11(8)14)10-6-12(18-2)15(7-10)13(16)17/h3-5,10,12H,6-7H2,1-2H3,(H,16,17). The normalized spacial score (nSPS) is 23.4. The SMILES string of the molecule is COC1CC(c2ccc(Cl)c(C)c2)CN1C(=O)O. The number of ether oxygens (including phenoxy) is 1. The zero-order chi connectivity index (χ0) is 13.3. The molecule has 1 aliphatic rings. The van der Waals surface area contributed by atoms with Crippen LogP contribution in [0.3, 0.4) is 0 Å². The number of carboxylic acid groups (broad SMARTS) is 1. The Bertz CT molecular complexity index is 464. The summed E-state index contributed by atoms with van der Waals surface area (Å²) in [5.41, 5.74) is 2.12. The molecule has 0 bridgehead atoms. The third-order valence-electron chi connectivity index (χ3n) is 3.42. The van der Waals surface area contributed by atoms with E-state index in [1.807, 2.05) is 25.1 Å². The number of nitrogens with zero attached hydrogens (tertiary/aromatic N) is 1. The highest BCUT2D eigenvalue weighted by Gasteiger charge is 2.36. The summed E-state index contributed by atoms with van der Waals surface area (Å²) < 4.78 is 5.21. The Morgan fingerprint density at radius 1 is 1.56 bits per heavy atom. The average Bonchev–Trinajstić information content (AvgIpc) is 2.77. The van der Waals surface area contributed by atoms with E-state index in [0.29, 0.717) is 13.0 Å². The van der Waals surface area contributed by atoms with E-state index < -0.39 is 6.09 Å². The van der Waals surface area contributed by atoms with Crippen molar-refractivity contribution in [3.63, 3.8) is 0 Å². The van der Waals surface area contributed by atoms with Crippen molar-refractivity contribution < 1.29 is 14.6 Å². The van der Waals surface area contributed by atoms with E-state index in [9.17, 15) is 4.79 Å². The Morgan fingerprint density at radius 3 is 2.78 bits per heavy atom. The topological polar surface area (TPSA) is 49.8 Å². The summed E-state index contributed by atoms with van der Waals surface area (Å²) in [4.78, 5) is 12.4. The molecule has 1 amide bonds. The highest BCUT2D eigenvalue weighted by molar-refractivity contribution is 6.31. The largest absolute Gasteiger partial charge is 0.465 e. The maximum Gasteiger partial charge on any atom is 0.409 e. The molecule has 0 aromatic heterocycles. The second-order valence-electron chi connectivity index (χ2n) is 4.57. The molecule has 0 saturated carbocycles. The third-order valence-corrected chi connectivity index (χ3v) is 3.85. The Morgan fingerprint density at radius 2 is 2.28 bits per heavy atom. The molecule has 1 N–H and O–H groups in total. The third kappa shape index (κ3) is 2.44. The van der Waals surface area contributed by atoms with Crippen LogP contribution in [0.15, 0.2) is 18.2 Å². The van der Waals surface area contributed by atoms with E-state index >= 15 is 0 Å². The van der Waals surface area contributed by atoms with Crippen molar-refractivity contribution in [3.8, 4) is 0 Å². The van der Waals surface area contributed by atoms with Crippen molar-refractivity contribution in [2.45, 2.75) is 25.5 Å². The average molecular weight is 270 g/mol. The van der Waals surface area contributed by atoms with Gasteiger partial charge >= 0.3 is 6.09 Å². The van der Waals surface area contributed by atoms with Crippen LogP contribution in [0.2, 0.25) is 5.02 Å². The van der Waals surface area contributed by atoms with Crippen LogP contribution in [0, 0.1) is 6.92 Å². The fourth-order valence-corrected chi connectivity index (χ4v) is 2.51. The predicted molar refractivity (Wildman–Crippen MR) is 69.1 cm³/mol. The molecule has 1 aliphatic heterocycles. The van der Waals surface area contributed by atoms with Crippen LogP contribution in [0.1, 0.15) is 23.5 Å². The van der Waals surface area contributed by atoms with Crippen LogP contribution >= 0.6 is 11.6 Å². The monoisotopic (exact) mass is 269 g/mol. The maximum atomic E-state index is 11.1. The molecule has 1 aromatic carbocycles. The number of benzene rings is 1. The van der Waals surface area contributed by atoms with E-state index in [1.165, 1.54) is 12.0 Å². The van der Waals surface area contributed by atoms with Gasteiger partial charge in [-0.1, -0.05) is 23.7 Å². The minimum atomic E-state index is -0.935. The summed E-state index contributed by atoms with van der Waals surface area (Å²) in [6, 6.07) is 5.83. The molecule has 1 heterocycles. The summed E-state index contributed by atoms with van der Waals surface area (Å²) in [7, 11) is 1.54. The number of hydrogen-bond donors (Lipinski definition) is 1. The lowest BCUT2D eigenvalue weighted by Crippen LogP contribution is -2.35. The summed E-state index contributed by atoms with van der Waals surface area (Å²) in [5, 5.41) is 9.83. The van der Waals surface area contributed by atoms with E-state index in [1.54, 1.807) is 0 Å². The number of aryl methyl sites for hydroxylation is 1. The van der Waals surface area contributed by atoms with Crippen molar-refractivity contribution >= 4 is 17.7 Å². The maximum absolute atomic E-state index is 11.1. The first kappa shape index (κ1) is 13.2. The lowest BCUT2D eigenvalue weighted by molar-refractivity contribution is 0.00415. The van der Waals surface area contributed by atoms with Gasteiger partial charge in [0.25, 0.3) is 0 Å². The van der Waals surface area contributed by atoms with Crippen LogP contribution in [0.4, 0.5) is 4.79 Å². The van der Waals surface area contributed by atoms with E-state index in [4.69, 9.17) is 21.4 Å². The molecule has 5 heteroatoms. The summed E-state index contributed by atoms with van der Waals surface area (Å²) >= 11 is 5.99. The molecule has 0 spiro atoms. The van der Waals surface area contributed by atoms with Gasteiger partial charge in [0.2, 0.25) is 0 Å². The molecular formula is C13H16ClNO3. The van der Waals surface area contributed by atoms with Gasteiger partial charge in [-0.25, -0.2) is 4.79 Å². The fourth-order valence-electron chi connectivity index (χ4n) is 2.39. The van der Waals surface area contributed by atoms with Crippen LogP contribution in [0.5, 0.6) is 0 Å². The lowest BCUT2D eigenvalue weighted by Gasteiger charge is -2.19. The Balaban J connectivity index is 2.20. The van der Waals surface area contributed by atoms with Crippen molar-refractivity contribution in [3.05, 3.63) is 34.3 Å². The Hall–Kier alpha value is -1.26. The summed E-state index contributed by atoms with van der Waals surface area (Å²) in [6.45, 7) is 2.42. The molecule has 1 aromatic rings. The minimum Gasteiger partial charge on any atom is -0.465 e. The number of likely N-dealkylation sites (tertiary alicyclic amines) is 1. The van der Waals surface area contributed by atoms with Crippen molar-refractivity contribution in [2.24, 2.45) is 0 Å². The van der Waals surface area contributed by atoms with Gasteiger partial charge in [-0.3, -0.25) is 4.90 Å². The van der Waals surface area contributed by atoms with Crippen molar-refractivity contribution in [2.75, 3.05) is 13.7 Å². The minimum absolute atomic E-state index is 0.169. The van der Waals surface area contributed by atoms with Crippen LogP contribution in [-0.4, -0.2) is 36.0 Å². The second-order valence-corrected chi connectivity index (χ2v) is 4.97. The van der Waals surface area contributed by atoms with E-state index in [-0.39, 0.29) is 12.1 Å². The first-order valence-corrected chi connectivity index (χ1v) is 6.19. The van der Waals surface area contributed by atoms with E-state index in [2.05, 4.69) is 0 Å². The van der Waals surface area contributed by atoms with Gasteiger partial charge in [0.1, 0.15) is 6.23 Å². The van der Waals surface area contributed by atoms with Crippen molar-refractivity contribution in [1.82, 2.24) is 4.90 Å². The van der Waals surface area contributed by atoms with Gasteiger partial charge < -0.3 is 9.84 Å². The molecule has 0 radical (unpaired) electrons. The Labute approximate surface area is 111 Å². The van der Waals surface area contributed by atoms with Gasteiger partial charge in [0.05, 0.1) is 0 Å². The van der Waals surface area contributed by atoms with Crippen LogP contribution in [0.25, 0.3) is 0 Å². The number of amides is 1. The molecule has 0 aliphatic carbocycles. The molecule has 4 nitrogen and oxygen atoms in total. The molecule has 1 saturated heterocycles. The second kappa shape index (κ2) is 5.16. The van der Waals surface area contributed by atoms with E-state index in [0.717, 1.165) is 16.1 Å². The number of carbonyl (C=O) groups is 1. The van der Waals surface area contributed by atoms with Gasteiger partial charge in [0, 0.05) is 31.0 Å². The zero-order valence-corrected chi connectivity index (χ0v) is 11.1. The molecule has 98 valence electrons. The van der Waals surface area contributed by atoms with Crippen LogP contribution in [-0.2, 0) is 4.74 Å². The first-order chi connectivity index (χ1) is 8.52. The number of halogens is 1. The molecule has 2 rings (SSSR count). The number of methoxy groups -OCH3 is 1. The molecular weight excluding hydrogens is 254 g/mol. The molecule has 2 unspecified atom stereocenters. The quantitative estimate of drug-likeness (QED) is 0.898. The van der Waals surface area contributed by atoms with Gasteiger partial charge in [0.15, 0.2) is 0 Å². The molecule has 18 heavy (non-hydrogen) atoms. The van der Waals surface area contributed by atoms with Crippen molar-refractivity contribution in [1.29, 1.82) is 0 Å². The lowest BCUT2D eigenvalue weighted by atomic mass is 9.96. The highest BCUT2D eigenvalue weighted by atomic mass is 35.5. The fraction of sp³-hybridized carbons (Fsp3) is 0.462. The van der Waals surface area contributed by atoms with Gasteiger partial charge in [-0.15, -0.1) is 0 Å². The molecule has 2 atom stereocenters. The first-order valence-electron chi connectivity index (χ1n) is 5.81. The zero-order valence-electron chi connectivity index (χ0n) is 10.4. The predicted octanol–water partition coefficient (Wildman–Crippen LogP) is 3.09.